The van der Waals surface area contributed by atoms with Crippen molar-refractivity contribution < 1.29 is 19.2 Å². The van der Waals surface area contributed by atoms with Crippen molar-refractivity contribution >= 4 is 72.7 Å². The Kier molecular flexibility index (Phi) is 7.29. The number of amidine groups is 1. The third-order valence-corrected chi connectivity index (χ3v) is 6.64. The predicted molar refractivity (Wildman–Crippen MR) is 136 cm³/mol. The van der Waals surface area contributed by atoms with Crippen molar-refractivity contribution in [2.24, 2.45) is 10.2 Å². The van der Waals surface area contributed by atoms with E-state index in [0.717, 1.165) is 16.2 Å². The summed E-state index contributed by atoms with van der Waals surface area (Å²) in [5.74, 6) is 0.269. The van der Waals surface area contributed by atoms with E-state index in [4.69, 9.17) is 4.42 Å². The zero-order valence-electron chi connectivity index (χ0n) is 17.1. The van der Waals surface area contributed by atoms with E-state index in [1.165, 1.54) is 29.5 Å². The molecule has 4 rings (SSSR count). The number of aromatic hydroxyl groups is 1. The van der Waals surface area contributed by atoms with E-state index in [1.807, 2.05) is 0 Å². The minimum absolute atomic E-state index is 0.00787. The van der Waals surface area contributed by atoms with Crippen LogP contribution >= 0.6 is 43.6 Å². The first kappa shape index (κ1) is 23.9. The molecule has 0 atom stereocenters. The highest BCUT2D eigenvalue weighted by atomic mass is 79.9. The Labute approximate surface area is 214 Å². The molecule has 34 heavy (non-hydrogen) atoms. The molecule has 3 aromatic rings. The van der Waals surface area contributed by atoms with Crippen molar-refractivity contribution in [3.63, 3.8) is 0 Å². The number of rotatable bonds is 6. The second-order valence-electron chi connectivity index (χ2n) is 6.88. The highest BCUT2D eigenvalue weighted by Gasteiger charge is 2.34. The van der Waals surface area contributed by atoms with E-state index in [0.29, 0.717) is 31.4 Å². The number of nitro groups is 1. The molecule has 172 valence electrons. The van der Waals surface area contributed by atoms with Crippen LogP contribution in [0.15, 0.2) is 83.3 Å². The van der Waals surface area contributed by atoms with Gasteiger partial charge >= 0.3 is 0 Å². The van der Waals surface area contributed by atoms with Gasteiger partial charge in [0.25, 0.3) is 11.6 Å². The van der Waals surface area contributed by atoms with Gasteiger partial charge in [0.05, 0.1) is 33.3 Å². The van der Waals surface area contributed by atoms with Crippen LogP contribution in [-0.2, 0) is 11.3 Å². The number of phenols is 1. The summed E-state index contributed by atoms with van der Waals surface area (Å²) in [6.07, 6.45) is 4.53. The lowest BCUT2D eigenvalue weighted by Crippen LogP contribution is -2.28. The van der Waals surface area contributed by atoms with E-state index >= 15 is 0 Å². The van der Waals surface area contributed by atoms with Crippen LogP contribution in [0.3, 0.4) is 0 Å². The average Bonchev–Trinajstić information content (AvgIpc) is 3.41. The number of nitrogens with zero attached hydrogens (tertiary/aromatic N) is 4. The lowest BCUT2D eigenvalue weighted by Gasteiger charge is -2.12. The summed E-state index contributed by atoms with van der Waals surface area (Å²) in [6, 6.07) is 12.7. The Morgan fingerprint density at radius 2 is 1.97 bits per heavy atom. The van der Waals surface area contributed by atoms with Crippen molar-refractivity contribution in [3.05, 3.63) is 95.6 Å². The molecule has 0 radical (unpaired) electrons. The maximum absolute atomic E-state index is 13.1. The first-order valence-electron chi connectivity index (χ1n) is 9.59. The quantitative estimate of drug-likeness (QED) is 0.161. The number of carbonyl (C=O) groups is 1. The highest BCUT2D eigenvalue weighted by Crippen LogP contribution is 2.34. The van der Waals surface area contributed by atoms with Gasteiger partial charge < -0.3 is 9.52 Å². The van der Waals surface area contributed by atoms with Crippen LogP contribution in [0, 0.1) is 10.1 Å². The highest BCUT2D eigenvalue weighted by molar-refractivity contribution is 9.11. The SMILES string of the molecule is O=C1/C(=C/c2ccc([N+](=O)[O-])cc2)S/C(=N\N=C\c2cc(Br)cc(Br)c2O)N1Cc1ccco1. The number of carbonyl (C=O) groups excluding carboxylic acids is 1. The van der Waals surface area contributed by atoms with Crippen LogP contribution in [-0.4, -0.2) is 32.2 Å². The largest absolute Gasteiger partial charge is 0.506 e. The predicted octanol–water partition coefficient (Wildman–Crippen LogP) is 5.93. The van der Waals surface area contributed by atoms with Gasteiger partial charge in [-0.15, -0.1) is 5.10 Å². The number of nitro benzene ring substituents is 1. The van der Waals surface area contributed by atoms with Gasteiger partial charge in [-0.25, -0.2) is 0 Å². The van der Waals surface area contributed by atoms with E-state index in [2.05, 4.69) is 42.1 Å². The first-order chi connectivity index (χ1) is 16.3. The molecular weight excluding hydrogens is 592 g/mol. The molecule has 12 heteroatoms. The minimum Gasteiger partial charge on any atom is -0.506 e. The molecule has 2 heterocycles. The van der Waals surface area contributed by atoms with Crippen LogP contribution in [0.1, 0.15) is 16.9 Å². The molecule has 1 aliphatic rings. The summed E-state index contributed by atoms with van der Waals surface area (Å²) < 4.78 is 6.61. The van der Waals surface area contributed by atoms with E-state index in [-0.39, 0.29) is 23.9 Å². The molecule has 9 nitrogen and oxygen atoms in total. The van der Waals surface area contributed by atoms with E-state index < -0.39 is 4.92 Å². The van der Waals surface area contributed by atoms with Crippen LogP contribution in [0.2, 0.25) is 0 Å². The van der Waals surface area contributed by atoms with Crippen molar-refractivity contribution in [2.75, 3.05) is 0 Å². The molecule has 1 amide bonds. The van der Waals surface area contributed by atoms with Crippen molar-refractivity contribution in [2.45, 2.75) is 6.54 Å². The fourth-order valence-corrected chi connectivity index (χ4v) is 5.14. The number of non-ortho nitro benzene ring substituents is 1. The van der Waals surface area contributed by atoms with E-state index in [9.17, 15) is 20.0 Å². The Morgan fingerprint density at radius 3 is 2.65 bits per heavy atom. The molecular formula is C22H14Br2N4O5S. The van der Waals surface area contributed by atoms with Gasteiger partial charge in [0.1, 0.15) is 11.5 Å². The van der Waals surface area contributed by atoms with Crippen molar-refractivity contribution in [1.82, 2.24) is 4.90 Å². The van der Waals surface area contributed by atoms with E-state index in [1.54, 1.807) is 42.5 Å². The summed E-state index contributed by atoms with van der Waals surface area (Å²) in [5, 5.41) is 29.7. The van der Waals surface area contributed by atoms with Gasteiger partial charge in [-0.1, -0.05) is 15.9 Å². The average molecular weight is 606 g/mol. The fraction of sp³-hybridized carbons (Fsp3) is 0.0455. The van der Waals surface area contributed by atoms with Crippen LogP contribution in [0.5, 0.6) is 5.75 Å². The third kappa shape index (κ3) is 5.46. The summed E-state index contributed by atoms with van der Waals surface area (Å²) >= 11 is 7.74. The zero-order chi connectivity index (χ0) is 24.2. The molecule has 1 aromatic heterocycles. The molecule has 1 N–H and O–H groups in total. The molecule has 0 aliphatic carbocycles. The second kappa shape index (κ2) is 10.4. The Morgan fingerprint density at radius 1 is 1.21 bits per heavy atom. The number of phenolic OH excluding ortho intramolecular Hbond substituents is 1. The summed E-state index contributed by atoms with van der Waals surface area (Å²) in [7, 11) is 0. The zero-order valence-corrected chi connectivity index (χ0v) is 21.1. The topological polar surface area (TPSA) is 122 Å². The minimum atomic E-state index is -0.484. The molecule has 2 aromatic carbocycles. The summed E-state index contributed by atoms with van der Waals surface area (Å²) in [5.41, 5.74) is 1.03. The first-order valence-corrected chi connectivity index (χ1v) is 12.0. The van der Waals surface area contributed by atoms with Gasteiger partial charge in [0.15, 0.2) is 5.17 Å². The van der Waals surface area contributed by atoms with Gasteiger partial charge in [-0.2, -0.15) is 5.10 Å². The Bertz CT molecular complexity index is 1340. The molecule has 1 aliphatic heterocycles. The Balaban J connectivity index is 1.64. The van der Waals surface area contributed by atoms with Crippen LogP contribution in [0.25, 0.3) is 6.08 Å². The number of hydrogen-bond acceptors (Lipinski definition) is 8. The lowest BCUT2D eigenvalue weighted by molar-refractivity contribution is -0.384. The molecule has 1 fully saturated rings. The number of hydrogen-bond donors (Lipinski definition) is 1. The van der Waals surface area contributed by atoms with Gasteiger partial charge in [0, 0.05) is 22.2 Å². The molecule has 0 spiro atoms. The maximum atomic E-state index is 13.1. The van der Waals surface area contributed by atoms with Crippen molar-refractivity contribution in [1.29, 1.82) is 0 Å². The van der Waals surface area contributed by atoms with Crippen LogP contribution < -0.4 is 0 Å². The van der Waals surface area contributed by atoms with Gasteiger partial charge in [-0.05, 0) is 75.7 Å². The number of thioether (sulfide) groups is 1. The smallest absolute Gasteiger partial charge is 0.269 e. The monoisotopic (exact) mass is 604 g/mol. The summed E-state index contributed by atoms with van der Waals surface area (Å²) in [4.78, 5) is 25.3. The molecule has 0 unspecified atom stereocenters. The van der Waals surface area contributed by atoms with Gasteiger partial charge in [0.2, 0.25) is 0 Å². The third-order valence-electron chi connectivity index (χ3n) is 4.58. The molecule has 1 saturated heterocycles. The van der Waals surface area contributed by atoms with Crippen LogP contribution in [0.4, 0.5) is 5.69 Å². The lowest BCUT2D eigenvalue weighted by atomic mass is 10.2. The number of amides is 1. The second-order valence-corrected chi connectivity index (χ2v) is 9.66. The van der Waals surface area contributed by atoms with Crippen molar-refractivity contribution in [3.8, 4) is 5.75 Å². The Hall–Kier alpha value is -3.22. The normalized spacial score (nSPS) is 16.3. The summed E-state index contributed by atoms with van der Waals surface area (Å²) in [6.45, 7) is 0.151. The molecule has 0 bridgehead atoms. The number of benzene rings is 2. The molecule has 0 saturated carbocycles. The fourth-order valence-electron chi connectivity index (χ4n) is 2.95. The number of furan rings is 1. The number of halogens is 2. The standard InChI is InChI=1S/C22H14Br2N4O5S/c23-15-9-14(20(29)18(24)10-15)11-25-26-22-27(12-17-2-1-7-33-17)21(30)19(34-22)8-13-3-5-16(6-4-13)28(31)32/h1-11,29H,12H2/b19-8-,25-11+,26-22-. The van der Waals surface area contributed by atoms with Gasteiger partial charge in [-0.3, -0.25) is 19.8 Å². The maximum Gasteiger partial charge on any atom is 0.269 e.